The first kappa shape index (κ1) is 43.5. The number of fused-ring (bicyclic) bond motifs is 1. The number of hydrogen-bond acceptors (Lipinski definition) is 8. The minimum atomic E-state index is -0.615. The number of aromatic nitrogens is 3. The van der Waals surface area contributed by atoms with Gasteiger partial charge in [0.1, 0.15) is 6.04 Å². The topological polar surface area (TPSA) is 171 Å². The molecule has 14 heteroatoms. The largest absolute Gasteiger partial charge is 0.453 e. The molecule has 1 saturated carbocycles. The van der Waals surface area contributed by atoms with Crippen molar-refractivity contribution >= 4 is 24.0 Å². The molecular weight excluding hydrogens is 775 g/mol. The van der Waals surface area contributed by atoms with Crippen LogP contribution in [-0.2, 0) is 36.6 Å². The molecule has 4 heterocycles. The number of benzene rings is 2. The Balaban J connectivity index is 0.000000279. The number of aromatic amines is 2. The van der Waals surface area contributed by atoms with Gasteiger partial charge in [-0.25, -0.2) is 25.0 Å². The first-order valence-electron chi connectivity index (χ1n) is 22.0. The van der Waals surface area contributed by atoms with Gasteiger partial charge in [-0.15, -0.1) is 0 Å². The number of hydrogen-bond donors (Lipinski definition) is 4. The third-order valence-electron chi connectivity index (χ3n) is 12.7. The molecule has 14 nitrogen and oxygen atoms in total. The summed E-state index contributed by atoms with van der Waals surface area (Å²) < 4.78 is 15.0. The molecule has 8 rings (SSSR count). The molecule has 2 atom stereocenters. The number of amides is 4. The zero-order chi connectivity index (χ0) is 42.9. The van der Waals surface area contributed by atoms with E-state index in [0.717, 1.165) is 98.6 Å². The summed E-state index contributed by atoms with van der Waals surface area (Å²) in [6.07, 6.45) is 14.1. The number of imidazole rings is 1. The molecule has 2 aliphatic heterocycles. The van der Waals surface area contributed by atoms with E-state index in [-0.39, 0.29) is 35.7 Å². The van der Waals surface area contributed by atoms with Crippen molar-refractivity contribution in [1.29, 1.82) is 0 Å². The number of alkyl carbamates (subject to hydrolysis) is 1. The quantitative estimate of drug-likeness (QED) is 0.123. The van der Waals surface area contributed by atoms with Gasteiger partial charge in [-0.1, -0.05) is 67.8 Å². The smallest absolute Gasteiger partial charge is 0.425 e. The zero-order valence-electron chi connectivity index (χ0n) is 36.0. The van der Waals surface area contributed by atoms with Crippen LogP contribution in [0.4, 0.5) is 9.59 Å². The van der Waals surface area contributed by atoms with Gasteiger partial charge < -0.3 is 34.4 Å². The van der Waals surface area contributed by atoms with Crippen LogP contribution in [0.2, 0.25) is 0 Å². The van der Waals surface area contributed by atoms with Crippen molar-refractivity contribution in [2.24, 2.45) is 11.8 Å². The van der Waals surface area contributed by atoms with E-state index in [0.29, 0.717) is 19.8 Å². The van der Waals surface area contributed by atoms with Crippen molar-refractivity contribution in [2.75, 3.05) is 34.0 Å². The molecule has 0 radical (unpaired) electrons. The van der Waals surface area contributed by atoms with E-state index in [2.05, 4.69) is 79.0 Å². The second-order valence-corrected chi connectivity index (χ2v) is 16.8. The normalized spacial score (nSPS) is 18.4. The minimum Gasteiger partial charge on any atom is -0.453 e. The van der Waals surface area contributed by atoms with Crippen LogP contribution in [-0.4, -0.2) is 94.9 Å². The molecule has 61 heavy (non-hydrogen) atoms. The van der Waals surface area contributed by atoms with Crippen molar-refractivity contribution < 1.29 is 33.4 Å². The van der Waals surface area contributed by atoms with Gasteiger partial charge in [-0.2, -0.15) is 0 Å². The highest BCUT2D eigenvalue weighted by Gasteiger charge is 2.41. The van der Waals surface area contributed by atoms with E-state index < -0.39 is 18.2 Å². The monoisotopic (exact) mass is 835 g/mol. The molecule has 2 aromatic heterocycles. The molecule has 2 aliphatic carbocycles. The summed E-state index contributed by atoms with van der Waals surface area (Å²) in [5.74, 6) is 0.0609. The first-order valence-corrected chi connectivity index (χ1v) is 22.0. The van der Waals surface area contributed by atoms with Crippen LogP contribution < -0.4 is 10.7 Å². The summed E-state index contributed by atoms with van der Waals surface area (Å²) in [5, 5.41) is 4.27. The Morgan fingerprint density at radius 2 is 1.43 bits per heavy atom. The molecule has 4 aromatic rings. The summed E-state index contributed by atoms with van der Waals surface area (Å²) in [6, 6.07) is 16.6. The lowest BCUT2D eigenvalue weighted by Gasteiger charge is -2.34. The summed E-state index contributed by atoms with van der Waals surface area (Å²) in [7, 11) is 2.63. The number of carbonyl (C=O) groups is 4. The summed E-state index contributed by atoms with van der Waals surface area (Å²) >= 11 is 0. The fraction of sp³-hybridized carbons (Fsp3) is 0.511. The van der Waals surface area contributed by atoms with Crippen molar-refractivity contribution in [1.82, 2.24) is 35.6 Å². The van der Waals surface area contributed by atoms with Crippen LogP contribution in [0.3, 0.4) is 0 Å². The molecule has 3 fully saturated rings. The van der Waals surface area contributed by atoms with Crippen molar-refractivity contribution in [3.8, 4) is 33.6 Å². The highest BCUT2D eigenvalue weighted by Crippen LogP contribution is 2.43. The number of carbonyl (C=O) groups excluding carboxylic acids is 4. The lowest BCUT2D eigenvalue weighted by Crippen LogP contribution is -2.53. The predicted molar refractivity (Wildman–Crippen MR) is 232 cm³/mol. The molecule has 4 N–H and O–H groups in total. The Kier molecular flexibility index (Phi) is 14.5. The van der Waals surface area contributed by atoms with Crippen molar-refractivity contribution in [3.63, 3.8) is 0 Å². The molecular formula is C47H61N7O7. The number of hydrazine groups is 1. The Bertz CT molecular complexity index is 2090. The maximum atomic E-state index is 14.1. The maximum Gasteiger partial charge on any atom is 0.425 e. The van der Waals surface area contributed by atoms with Gasteiger partial charge >= 0.3 is 12.2 Å². The Morgan fingerprint density at radius 1 is 0.787 bits per heavy atom. The van der Waals surface area contributed by atoms with E-state index in [4.69, 9.17) is 9.47 Å². The Hall–Kier alpha value is -5.63. The third kappa shape index (κ3) is 10.1. The number of methoxy groups -OCH3 is 2. The van der Waals surface area contributed by atoms with E-state index in [1.165, 1.54) is 48.2 Å². The van der Waals surface area contributed by atoms with Gasteiger partial charge in [0.2, 0.25) is 11.8 Å². The SMILES string of the molecule is COC(=O)NC(C(=O)N1CCCC1c1[nH]c(-c2ccc(-c3ccc(-c4cnc[nH]4)cc3)cc2)c2c1CCC2)C1CCOCC1.COC(=O)NN(C(=O)C1CCCCC1)C(C)C. The average molecular weight is 836 g/mol. The third-order valence-corrected chi connectivity index (χ3v) is 12.7. The maximum absolute atomic E-state index is 14.1. The van der Waals surface area contributed by atoms with Crippen LogP contribution in [0.25, 0.3) is 33.6 Å². The first-order chi connectivity index (χ1) is 29.7. The van der Waals surface area contributed by atoms with Crippen LogP contribution in [0.1, 0.15) is 101 Å². The Labute approximate surface area is 358 Å². The average Bonchev–Trinajstić information content (AvgIpc) is 4.15. The second-order valence-electron chi connectivity index (χ2n) is 16.8. The number of nitrogens with zero attached hydrogens (tertiary/aromatic N) is 3. The number of rotatable bonds is 9. The van der Waals surface area contributed by atoms with Crippen LogP contribution >= 0.6 is 0 Å². The zero-order valence-corrected chi connectivity index (χ0v) is 36.0. The van der Waals surface area contributed by atoms with Crippen molar-refractivity contribution in [2.45, 2.75) is 109 Å². The van der Waals surface area contributed by atoms with Crippen LogP contribution in [0.5, 0.6) is 0 Å². The van der Waals surface area contributed by atoms with Gasteiger partial charge in [0, 0.05) is 43.1 Å². The fourth-order valence-electron chi connectivity index (χ4n) is 9.47. The number of ether oxygens (including phenoxy) is 3. The Morgan fingerprint density at radius 3 is 2.05 bits per heavy atom. The van der Waals surface area contributed by atoms with Gasteiger partial charge in [0.25, 0.3) is 0 Å². The van der Waals surface area contributed by atoms with Crippen LogP contribution in [0, 0.1) is 11.8 Å². The summed E-state index contributed by atoms with van der Waals surface area (Å²) in [5.41, 5.74) is 13.2. The van der Waals surface area contributed by atoms with Crippen molar-refractivity contribution in [3.05, 3.63) is 77.9 Å². The molecule has 0 bridgehead atoms. The lowest BCUT2D eigenvalue weighted by atomic mass is 9.88. The summed E-state index contributed by atoms with van der Waals surface area (Å²) in [4.78, 5) is 62.9. The lowest BCUT2D eigenvalue weighted by molar-refractivity contribution is -0.141. The predicted octanol–water partition coefficient (Wildman–Crippen LogP) is 8.12. The van der Waals surface area contributed by atoms with Gasteiger partial charge in [0.15, 0.2) is 0 Å². The summed E-state index contributed by atoms with van der Waals surface area (Å²) in [6.45, 7) is 5.63. The molecule has 2 saturated heterocycles. The van der Waals surface area contributed by atoms with E-state index in [1.54, 1.807) is 6.33 Å². The molecule has 2 unspecified atom stereocenters. The van der Waals surface area contributed by atoms with E-state index in [9.17, 15) is 19.2 Å². The molecule has 0 spiro atoms. The molecule has 4 aliphatic rings. The molecule has 4 amide bonds. The van der Waals surface area contributed by atoms with E-state index in [1.807, 2.05) is 24.9 Å². The standard InChI is InChI=1S/C35H39N5O4.C12H22N2O3/c1-43-35(42)39-32(26-15-18-44-19-16-26)34(41)40-17-3-6-30(40)33-28-5-2-4-27(28)31(38-33)25-13-9-23(10-14-25)22-7-11-24(12-8-22)29-20-36-21-37-29;1-9(2)14(13-12(16)17-3)11(15)10-7-5-4-6-8-10/h7-14,20-21,26,30,32,38H,2-6,15-19H2,1H3,(H,36,37)(H,39,42);9-10H,4-8H2,1-3H3,(H,13,16). The van der Waals surface area contributed by atoms with Crippen LogP contribution in [0.15, 0.2) is 61.1 Å². The molecule has 326 valence electrons. The highest BCUT2D eigenvalue weighted by atomic mass is 16.5. The van der Waals surface area contributed by atoms with Gasteiger partial charge in [0.05, 0.1) is 38.5 Å². The number of nitrogens with one attached hydrogen (secondary N) is 4. The van der Waals surface area contributed by atoms with Gasteiger partial charge in [-0.05, 0) is 111 Å². The number of likely N-dealkylation sites (tertiary alicyclic amines) is 1. The highest BCUT2D eigenvalue weighted by molar-refractivity contribution is 5.87. The minimum absolute atomic E-state index is 0.00472. The second kappa shape index (κ2) is 20.3. The van der Waals surface area contributed by atoms with E-state index >= 15 is 0 Å². The fourth-order valence-corrected chi connectivity index (χ4v) is 9.47. The number of H-pyrrole nitrogens is 2. The molecule has 2 aromatic carbocycles. The van der Waals surface area contributed by atoms with Gasteiger partial charge in [-0.3, -0.25) is 9.59 Å².